The van der Waals surface area contributed by atoms with Crippen LogP contribution in [0.3, 0.4) is 0 Å². The van der Waals surface area contributed by atoms with Gasteiger partial charge in [-0.3, -0.25) is 0 Å². The zero-order chi connectivity index (χ0) is 19.1. The van der Waals surface area contributed by atoms with Crippen LogP contribution >= 0.6 is 11.6 Å². The highest BCUT2D eigenvalue weighted by atomic mass is 35.5. The highest BCUT2D eigenvalue weighted by Crippen LogP contribution is 2.22. The van der Waals surface area contributed by atoms with Gasteiger partial charge >= 0.3 is 5.97 Å². The second kappa shape index (κ2) is 9.10. The van der Waals surface area contributed by atoms with Gasteiger partial charge in [-0.2, -0.15) is 0 Å². The van der Waals surface area contributed by atoms with Crippen molar-refractivity contribution in [2.75, 3.05) is 0 Å². The number of halogens is 1. The van der Waals surface area contributed by atoms with Gasteiger partial charge in [-0.05, 0) is 61.0 Å². The Balaban J connectivity index is 1.53. The Kier molecular flexibility index (Phi) is 6.34. The maximum atomic E-state index is 12.2. The molecule has 0 saturated carbocycles. The van der Waals surface area contributed by atoms with Crippen LogP contribution in [0.25, 0.3) is 0 Å². The second-order valence-electron chi connectivity index (χ2n) is 5.88. The summed E-state index contributed by atoms with van der Waals surface area (Å²) in [6.45, 7) is 1.78. The zero-order valence-electron chi connectivity index (χ0n) is 14.8. The minimum Gasteiger partial charge on any atom is -0.479 e. The van der Waals surface area contributed by atoms with E-state index in [1.807, 2.05) is 54.6 Å². The Bertz CT molecular complexity index is 878. The lowest BCUT2D eigenvalue weighted by atomic mass is 10.2. The molecule has 0 aliphatic carbocycles. The molecule has 1 atom stereocenters. The fourth-order valence-electron chi connectivity index (χ4n) is 2.36. The molecule has 0 heterocycles. The molecule has 0 amide bonds. The molecule has 0 N–H and O–H groups in total. The van der Waals surface area contributed by atoms with E-state index in [2.05, 4.69) is 0 Å². The van der Waals surface area contributed by atoms with Gasteiger partial charge in [0.2, 0.25) is 0 Å². The Morgan fingerprint density at radius 2 is 1.59 bits per heavy atom. The van der Waals surface area contributed by atoms with Gasteiger partial charge in [-0.25, -0.2) is 4.79 Å². The first kappa shape index (κ1) is 18.8. The fraction of sp³-hybridized carbons (Fsp3) is 0.136. The molecule has 3 rings (SSSR count). The SMILES string of the molecule is C[C@H](Oc1ccc(Cl)cc1)C(=O)OCc1cccc(Oc2ccccc2)c1. The third kappa shape index (κ3) is 5.76. The normalized spacial score (nSPS) is 11.5. The molecule has 0 radical (unpaired) electrons. The first-order chi connectivity index (χ1) is 13.1. The predicted molar refractivity (Wildman–Crippen MR) is 104 cm³/mol. The summed E-state index contributed by atoms with van der Waals surface area (Å²) in [6, 6.07) is 23.7. The highest BCUT2D eigenvalue weighted by molar-refractivity contribution is 6.30. The Morgan fingerprint density at radius 3 is 2.33 bits per heavy atom. The lowest BCUT2D eigenvalue weighted by Gasteiger charge is -2.14. The molecule has 138 valence electrons. The molecule has 0 fully saturated rings. The number of esters is 1. The van der Waals surface area contributed by atoms with Gasteiger partial charge in [0.15, 0.2) is 6.10 Å². The van der Waals surface area contributed by atoms with Gasteiger partial charge in [0.05, 0.1) is 0 Å². The molecule has 27 heavy (non-hydrogen) atoms. The van der Waals surface area contributed by atoms with E-state index in [4.69, 9.17) is 25.8 Å². The van der Waals surface area contributed by atoms with Crippen molar-refractivity contribution in [3.63, 3.8) is 0 Å². The average Bonchev–Trinajstić information content (AvgIpc) is 2.69. The van der Waals surface area contributed by atoms with Crippen LogP contribution < -0.4 is 9.47 Å². The molecular formula is C22H19ClO4. The van der Waals surface area contributed by atoms with Crippen LogP contribution in [0, 0.1) is 0 Å². The summed E-state index contributed by atoms with van der Waals surface area (Å²) < 4.78 is 16.7. The number of hydrogen-bond acceptors (Lipinski definition) is 4. The van der Waals surface area contributed by atoms with Gasteiger partial charge in [-0.15, -0.1) is 0 Å². The minimum absolute atomic E-state index is 0.138. The average molecular weight is 383 g/mol. The van der Waals surface area contributed by atoms with Crippen molar-refractivity contribution in [1.82, 2.24) is 0 Å². The minimum atomic E-state index is -0.727. The van der Waals surface area contributed by atoms with E-state index >= 15 is 0 Å². The van der Waals surface area contributed by atoms with E-state index in [0.29, 0.717) is 16.5 Å². The molecule has 0 unspecified atom stereocenters. The van der Waals surface area contributed by atoms with Crippen molar-refractivity contribution in [2.24, 2.45) is 0 Å². The third-order valence-electron chi connectivity index (χ3n) is 3.72. The molecule has 0 aromatic heterocycles. The first-order valence-electron chi connectivity index (χ1n) is 8.51. The van der Waals surface area contributed by atoms with Gasteiger partial charge in [-0.1, -0.05) is 41.9 Å². The van der Waals surface area contributed by atoms with E-state index in [1.165, 1.54) is 0 Å². The van der Waals surface area contributed by atoms with E-state index < -0.39 is 12.1 Å². The number of carbonyl (C=O) groups is 1. The zero-order valence-corrected chi connectivity index (χ0v) is 15.6. The maximum absolute atomic E-state index is 12.2. The monoisotopic (exact) mass is 382 g/mol. The van der Waals surface area contributed by atoms with Crippen molar-refractivity contribution in [3.05, 3.63) is 89.4 Å². The highest BCUT2D eigenvalue weighted by Gasteiger charge is 2.16. The van der Waals surface area contributed by atoms with Crippen molar-refractivity contribution >= 4 is 17.6 Å². The van der Waals surface area contributed by atoms with Crippen LogP contribution in [0.1, 0.15) is 12.5 Å². The molecule has 3 aromatic rings. The summed E-state index contributed by atoms with van der Waals surface area (Å²) in [5.41, 5.74) is 0.829. The first-order valence-corrected chi connectivity index (χ1v) is 8.88. The predicted octanol–water partition coefficient (Wildman–Crippen LogP) is 5.64. The van der Waals surface area contributed by atoms with Crippen LogP contribution in [0.4, 0.5) is 0 Å². The lowest BCUT2D eigenvalue weighted by Crippen LogP contribution is -2.26. The van der Waals surface area contributed by atoms with Crippen LogP contribution in [0.15, 0.2) is 78.9 Å². The molecule has 5 heteroatoms. The quantitative estimate of drug-likeness (QED) is 0.496. The summed E-state index contributed by atoms with van der Waals surface area (Å²) in [4.78, 5) is 12.2. The van der Waals surface area contributed by atoms with Crippen molar-refractivity contribution in [2.45, 2.75) is 19.6 Å². The van der Waals surface area contributed by atoms with E-state index in [-0.39, 0.29) is 6.61 Å². The topological polar surface area (TPSA) is 44.8 Å². The van der Waals surface area contributed by atoms with Crippen LogP contribution in [0.2, 0.25) is 5.02 Å². The molecular weight excluding hydrogens is 364 g/mol. The van der Waals surface area contributed by atoms with Crippen molar-refractivity contribution in [1.29, 1.82) is 0 Å². The van der Waals surface area contributed by atoms with E-state index in [1.54, 1.807) is 31.2 Å². The smallest absolute Gasteiger partial charge is 0.347 e. The summed E-state index contributed by atoms with van der Waals surface area (Å²) >= 11 is 5.83. The second-order valence-corrected chi connectivity index (χ2v) is 6.32. The number of hydrogen-bond donors (Lipinski definition) is 0. The molecule has 4 nitrogen and oxygen atoms in total. The number of carbonyl (C=O) groups excluding carboxylic acids is 1. The molecule has 0 spiro atoms. The Hall–Kier alpha value is -2.98. The van der Waals surface area contributed by atoms with Gasteiger partial charge in [0.1, 0.15) is 23.9 Å². The van der Waals surface area contributed by atoms with Gasteiger partial charge in [0.25, 0.3) is 0 Å². The van der Waals surface area contributed by atoms with Crippen LogP contribution in [-0.2, 0) is 16.1 Å². The molecule has 0 bridgehead atoms. The lowest BCUT2D eigenvalue weighted by molar-refractivity contribution is -0.152. The van der Waals surface area contributed by atoms with E-state index in [9.17, 15) is 4.79 Å². The number of para-hydroxylation sites is 1. The fourth-order valence-corrected chi connectivity index (χ4v) is 2.49. The van der Waals surface area contributed by atoms with Gasteiger partial charge < -0.3 is 14.2 Å². The standard InChI is InChI=1S/C22H19ClO4/c1-16(26-20-12-10-18(23)11-13-20)22(24)25-15-17-6-5-9-21(14-17)27-19-7-3-2-4-8-19/h2-14,16H,15H2,1H3/t16-/m0/s1. The maximum Gasteiger partial charge on any atom is 0.347 e. The summed E-state index contributed by atoms with van der Waals surface area (Å²) in [5, 5.41) is 0.607. The van der Waals surface area contributed by atoms with Crippen LogP contribution in [-0.4, -0.2) is 12.1 Å². The number of benzene rings is 3. The molecule has 0 aliphatic heterocycles. The summed E-state index contributed by atoms with van der Waals surface area (Å²) in [6.07, 6.45) is -0.727. The Labute approximate surface area is 163 Å². The largest absolute Gasteiger partial charge is 0.479 e. The Morgan fingerprint density at radius 1 is 0.889 bits per heavy atom. The van der Waals surface area contributed by atoms with Crippen molar-refractivity contribution < 1.29 is 19.0 Å². The van der Waals surface area contributed by atoms with E-state index in [0.717, 1.165) is 11.3 Å². The third-order valence-corrected chi connectivity index (χ3v) is 3.97. The van der Waals surface area contributed by atoms with Crippen LogP contribution in [0.5, 0.6) is 17.2 Å². The van der Waals surface area contributed by atoms with Crippen molar-refractivity contribution in [3.8, 4) is 17.2 Å². The molecule has 0 aliphatic rings. The van der Waals surface area contributed by atoms with Gasteiger partial charge in [0, 0.05) is 5.02 Å². The number of ether oxygens (including phenoxy) is 3. The molecule has 3 aromatic carbocycles. The molecule has 0 saturated heterocycles. The number of rotatable bonds is 7. The summed E-state index contributed by atoms with van der Waals surface area (Å²) in [7, 11) is 0. The summed E-state index contributed by atoms with van der Waals surface area (Å²) in [5.74, 6) is 1.54.